The van der Waals surface area contributed by atoms with E-state index in [0.717, 1.165) is 44.8 Å². The Balaban J connectivity index is 1.52. The Bertz CT molecular complexity index is 1300. The minimum absolute atomic E-state index is 0.385. The zero-order valence-electron chi connectivity index (χ0n) is 17.6. The van der Waals surface area contributed by atoms with Crippen LogP contribution in [0, 0.1) is 6.92 Å². The Morgan fingerprint density at radius 3 is 2.48 bits per heavy atom. The van der Waals surface area contributed by atoms with Crippen LogP contribution in [-0.4, -0.2) is 22.7 Å². The van der Waals surface area contributed by atoms with E-state index in [1.54, 1.807) is 17.8 Å². The van der Waals surface area contributed by atoms with Gasteiger partial charge in [-0.15, -0.1) is 11.8 Å². The van der Waals surface area contributed by atoms with Crippen LogP contribution in [0.5, 0.6) is 5.75 Å². The molecule has 4 nitrogen and oxygen atoms in total. The number of ether oxygens (including phenoxy) is 1. The average Bonchev–Trinajstić information content (AvgIpc) is 3.21. The van der Waals surface area contributed by atoms with E-state index in [1.165, 1.54) is 12.1 Å². The molecule has 0 saturated heterocycles. The molecule has 0 unspecified atom stereocenters. The summed E-state index contributed by atoms with van der Waals surface area (Å²) in [6.45, 7) is 1.48. The number of alkyl halides is 3. The SMILES string of the molecule is Cc1cc(SCc2cccc3[nH]c(-c4ccc(C(F)(F)F)cc4)cc23)ccc1OCC(=O)O. The van der Waals surface area contributed by atoms with E-state index < -0.39 is 17.7 Å². The molecule has 0 amide bonds. The molecule has 4 rings (SSSR count). The van der Waals surface area contributed by atoms with Gasteiger partial charge in [-0.1, -0.05) is 24.3 Å². The van der Waals surface area contributed by atoms with E-state index in [2.05, 4.69) is 4.98 Å². The summed E-state index contributed by atoms with van der Waals surface area (Å²) in [5.74, 6) is 0.204. The number of thioether (sulfide) groups is 1. The van der Waals surface area contributed by atoms with Crippen LogP contribution in [-0.2, 0) is 16.7 Å². The molecule has 0 atom stereocenters. The number of hydrogen-bond donors (Lipinski definition) is 2. The molecule has 1 aromatic heterocycles. The van der Waals surface area contributed by atoms with Crippen LogP contribution < -0.4 is 4.74 Å². The molecule has 0 bridgehead atoms. The Hall–Kier alpha value is -3.39. The van der Waals surface area contributed by atoms with E-state index in [9.17, 15) is 18.0 Å². The van der Waals surface area contributed by atoms with Gasteiger partial charge in [-0.2, -0.15) is 13.2 Å². The second kappa shape index (κ2) is 9.23. The summed E-state index contributed by atoms with van der Waals surface area (Å²) in [6, 6.07) is 18.6. The van der Waals surface area contributed by atoms with E-state index >= 15 is 0 Å². The zero-order chi connectivity index (χ0) is 23.6. The Kier molecular flexibility index (Phi) is 6.37. The number of hydrogen-bond acceptors (Lipinski definition) is 3. The average molecular weight is 472 g/mol. The lowest BCUT2D eigenvalue weighted by Crippen LogP contribution is -2.09. The lowest BCUT2D eigenvalue weighted by atomic mass is 10.1. The fraction of sp³-hybridized carbons (Fsp3) is 0.160. The predicted octanol–water partition coefficient (Wildman–Crippen LogP) is 6.92. The fourth-order valence-electron chi connectivity index (χ4n) is 3.51. The van der Waals surface area contributed by atoms with Crippen LogP contribution in [0.1, 0.15) is 16.7 Å². The monoisotopic (exact) mass is 471 g/mol. The van der Waals surface area contributed by atoms with Crippen LogP contribution >= 0.6 is 11.8 Å². The Morgan fingerprint density at radius 2 is 1.82 bits per heavy atom. The standard InChI is InChI=1S/C25H20F3NO3S/c1-15-11-19(9-10-23(15)32-13-24(30)31)33-14-17-3-2-4-21-20(17)12-22(29-21)16-5-7-18(8-6-16)25(26,27)28/h2-12,29H,13-14H2,1H3,(H,30,31). The van der Waals surface area contributed by atoms with Crippen molar-refractivity contribution in [1.29, 1.82) is 0 Å². The largest absolute Gasteiger partial charge is 0.482 e. The minimum atomic E-state index is -4.36. The van der Waals surface area contributed by atoms with Gasteiger partial charge in [-0.05, 0) is 66.1 Å². The Labute approximate surface area is 192 Å². The van der Waals surface area contributed by atoms with Crippen LogP contribution in [0.25, 0.3) is 22.2 Å². The predicted molar refractivity (Wildman–Crippen MR) is 123 cm³/mol. The highest BCUT2D eigenvalue weighted by Crippen LogP contribution is 2.34. The minimum Gasteiger partial charge on any atom is -0.482 e. The van der Waals surface area contributed by atoms with Gasteiger partial charge in [0.05, 0.1) is 5.56 Å². The zero-order valence-corrected chi connectivity index (χ0v) is 18.4. The molecule has 2 N–H and O–H groups in total. The van der Waals surface area contributed by atoms with Crippen molar-refractivity contribution in [3.05, 3.63) is 83.4 Å². The normalized spacial score (nSPS) is 11.6. The molecule has 0 fully saturated rings. The van der Waals surface area contributed by atoms with Crippen molar-refractivity contribution in [3.63, 3.8) is 0 Å². The number of carboxylic acid groups (broad SMARTS) is 1. The summed E-state index contributed by atoms with van der Waals surface area (Å²) >= 11 is 1.63. The number of benzene rings is 3. The number of aromatic nitrogens is 1. The highest BCUT2D eigenvalue weighted by Gasteiger charge is 2.30. The molecular formula is C25H20F3NO3S. The van der Waals surface area contributed by atoms with Gasteiger partial charge in [-0.3, -0.25) is 0 Å². The van der Waals surface area contributed by atoms with Crippen LogP contribution in [0.15, 0.2) is 71.6 Å². The topological polar surface area (TPSA) is 62.3 Å². The molecule has 170 valence electrons. The first-order valence-corrected chi connectivity index (χ1v) is 11.1. The van der Waals surface area contributed by atoms with Crippen molar-refractivity contribution in [2.24, 2.45) is 0 Å². The maximum atomic E-state index is 12.8. The number of fused-ring (bicyclic) bond motifs is 1. The van der Waals surface area contributed by atoms with Crippen molar-refractivity contribution in [1.82, 2.24) is 4.98 Å². The molecule has 8 heteroatoms. The number of aromatic amines is 1. The number of H-pyrrole nitrogens is 1. The summed E-state index contributed by atoms with van der Waals surface area (Å²) < 4.78 is 43.8. The third-order valence-corrected chi connectivity index (χ3v) is 6.21. The molecular weight excluding hydrogens is 451 g/mol. The third-order valence-electron chi connectivity index (χ3n) is 5.17. The molecule has 0 aliphatic rings. The van der Waals surface area contributed by atoms with Crippen molar-refractivity contribution in [2.45, 2.75) is 23.7 Å². The van der Waals surface area contributed by atoms with Gasteiger partial charge in [-0.25, -0.2) is 4.79 Å². The van der Waals surface area contributed by atoms with Crippen molar-refractivity contribution < 1.29 is 27.8 Å². The number of carbonyl (C=O) groups is 1. The molecule has 0 spiro atoms. The molecule has 0 saturated carbocycles. The quantitative estimate of drug-likeness (QED) is 0.287. The second-order valence-electron chi connectivity index (χ2n) is 7.53. The summed E-state index contributed by atoms with van der Waals surface area (Å²) in [5.41, 5.74) is 3.63. The van der Waals surface area contributed by atoms with Crippen LogP contribution in [0.2, 0.25) is 0 Å². The molecule has 0 radical (unpaired) electrons. The van der Waals surface area contributed by atoms with Crippen molar-refractivity contribution in [2.75, 3.05) is 6.61 Å². The van der Waals surface area contributed by atoms with Gasteiger partial charge in [0.1, 0.15) is 5.75 Å². The van der Waals surface area contributed by atoms with Crippen LogP contribution in [0.4, 0.5) is 13.2 Å². The van der Waals surface area contributed by atoms with Gasteiger partial charge in [0.2, 0.25) is 0 Å². The molecule has 1 heterocycles. The summed E-state index contributed by atoms with van der Waals surface area (Å²) in [7, 11) is 0. The Morgan fingerprint density at radius 1 is 1.06 bits per heavy atom. The first-order valence-electron chi connectivity index (χ1n) is 10.1. The second-order valence-corrected chi connectivity index (χ2v) is 8.58. The number of aryl methyl sites for hydroxylation is 1. The van der Waals surface area contributed by atoms with E-state index in [4.69, 9.17) is 9.84 Å². The van der Waals surface area contributed by atoms with Gasteiger partial charge < -0.3 is 14.8 Å². The lowest BCUT2D eigenvalue weighted by molar-refractivity contribution is -0.139. The number of halogens is 3. The maximum Gasteiger partial charge on any atom is 0.416 e. The van der Waals surface area contributed by atoms with Crippen molar-refractivity contribution in [3.8, 4) is 17.0 Å². The fourth-order valence-corrected chi connectivity index (χ4v) is 4.51. The first-order chi connectivity index (χ1) is 15.7. The van der Waals surface area contributed by atoms with Gasteiger partial charge in [0, 0.05) is 27.2 Å². The lowest BCUT2D eigenvalue weighted by Gasteiger charge is -2.09. The van der Waals surface area contributed by atoms with E-state index in [1.807, 2.05) is 43.3 Å². The molecule has 0 aliphatic carbocycles. The molecule has 3 aromatic carbocycles. The highest BCUT2D eigenvalue weighted by atomic mass is 32.2. The third kappa shape index (κ3) is 5.34. The van der Waals surface area contributed by atoms with Crippen molar-refractivity contribution >= 4 is 28.6 Å². The first kappa shape index (κ1) is 22.8. The summed E-state index contributed by atoms with van der Waals surface area (Å²) in [4.78, 5) is 15.0. The highest BCUT2D eigenvalue weighted by molar-refractivity contribution is 7.98. The van der Waals surface area contributed by atoms with E-state index in [0.29, 0.717) is 17.1 Å². The number of nitrogens with one attached hydrogen (secondary N) is 1. The van der Waals surface area contributed by atoms with Gasteiger partial charge >= 0.3 is 12.1 Å². The van der Waals surface area contributed by atoms with Gasteiger partial charge in [0.25, 0.3) is 0 Å². The summed E-state index contributed by atoms with van der Waals surface area (Å²) in [5, 5.41) is 9.77. The smallest absolute Gasteiger partial charge is 0.416 e. The number of rotatable bonds is 7. The summed E-state index contributed by atoms with van der Waals surface area (Å²) in [6.07, 6.45) is -4.36. The van der Waals surface area contributed by atoms with Gasteiger partial charge in [0.15, 0.2) is 6.61 Å². The molecule has 33 heavy (non-hydrogen) atoms. The maximum absolute atomic E-state index is 12.8. The molecule has 0 aliphatic heterocycles. The van der Waals surface area contributed by atoms with Crippen LogP contribution in [0.3, 0.4) is 0 Å². The van der Waals surface area contributed by atoms with E-state index in [-0.39, 0.29) is 6.61 Å². The molecule has 4 aromatic rings. The number of carboxylic acids is 1. The number of aliphatic carboxylic acids is 1.